The molecule has 5 aliphatic rings. The van der Waals surface area contributed by atoms with Crippen LogP contribution in [0.25, 0.3) is 0 Å². The molecule has 3 nitrogen and oxygen atoms in total. The number of rotatable bonds is 3. The second-order valence-corrected chi connectivity index (χ2v) is 13.2. The number of hydrogen-bond acceptors (Lipinski definition) is 3. The van der Waals surface area contributed by atoms with Crippen molar-refractivity contribution in [2.75, 3.05) is 0 Å². The summed E-state index contributed by atoms with van der Waals surface area (Å²) < 4.78 is 6.66. The highest BCUT2D eigenvalue weighted by atomic mass is 16.5. The van der Waals surface area contributed by atoms with Crippen LogP contribution in [-0.2, 0) is 4.74 Å². The minimum absolute atomic E-state index is 0.124. The minimum Gasteiger partial charge on any atom is -0.373 e. The Labute approximate surface area is 184 Å². The van der Waals surface area contributed by atoms with E-state index in [0.717, 1.165) is 18.3 Å². The van der Waals surface area contributed by atoms with E-state index in [1.54, 1.807) is 0 Å². The van der Waals surface area contributed by atoms with Crippen molar-refractivity contribution in [3.8, 4) is 0 Å². The van der Waals surface area contributed by atoms with E-state index < -0.39 is 5.72 Å². The van der Waals surface area contributed by atoms with Crippen LogP contribution in [0.1, 0.15) is 98.8 Å². The maximum Gasteiger partial charge on any atom is 0.143 e. The van der Waals surface area contributed by atoms with Gasteiger partial charge in [0, 0.05) is 11.8 Å². The minimum atomic E-state index is -1.17. The molecule has 0 aromatic heterocycles. The van der Waals surface area contributed by atoms with Gasteiger partial charge in [0.2, 0.25) is 0 Å². The Balaban J connectivity index is 1.44. The van der Waals surface area contributed by atoms with Gasteiger partial charge in [0.05, 0.1) is 6.10 Å². The molecule has 30 heavy (non-hydrogen) atoms. The van der Waals surface area contributed by atoms with Crippen molar-refractivity contribution >= 4 is 0 Å². The quantitative estimate of drug-likeness (QED) is 0.576. The Morgan fingerprint density at radius 1 is 1.03 bits per heavy atom. The van der Waals surface area contributed by atoms with Crippen LogP contribution < -0.4 is 5.73 Å². The molecule has 11 atom stereocenters. The Morgan fingerprint density at radius 3 is 2.53 bits per heavy atom. The van der Waals surface area contributed by atoms with E-state index in [-0.39, 0.29) is 23.5 Å². The van der Waals surface area contributed by atoms with Gasteiger partial charge < -0.3 is 15.6 Å². The topological polar surface area (TPSA) is 55.5 Å². The van der Waals surface area contributed by atoms with E-state index in [0.29, 0.717) is 29.1 Å². The van der Waals surface area contributed by atoms with Crippen molar-refractivity contribution < 1.29 is 9.84 Å². The van der Waals surface area contributed by atoms with Gasteiger partial charge in [-0.1, -0.05) is 47.5 Å². The molecule has 5 rings (SSSR count). The number of fused-ring (bicyclic) bond motifs is 7. The number of aliphatic hydroxyl groups is 1. The van der Waals surface area contributed by atoms with Gasteiger partial charge in [-0.15, -0.1) is 0 Å². The fourth-order valence-corrected chi connectivity index (χ4v) is 10.0. The molecular weight excluding hydrogens is 370 g/mol. The van der Waals surface area contributed by atoms with Gasteiger partial charge in [0.25, 0.3) is 0 Å². The molecule has 4 aliphatic carbocycles. The molecule has 1 heterocycles. The van der Waals surface area contributed by atoms with Gasteiger partial charge in [-0.05, 0) is 91.8 Å². The lowest BCUT2D eigenvalue weighted by molar-refractivity contribution is -0.179. The first-order valence-corrected chi connectivity index (χ1v) is 13.3. The lowest BCUT2D eigenvalue weighted by atomic mass is 9.44. The number of ether oxygens (including phenoxy) is 1. The molecule has 1 aliphatic heterocycles. The third-order valence-electron chi connectivity index (χ3n) is 11.3. The monoisotopic (exact) mass is 417 g/mol. The summed E-state index contributed by atoms with van der Waals surface area (Å²) in [5, 5.41) is 11.9. The summed E-state index contributed by atoms with van der Waals surface area (Å²) in [6.07, 6.45) is 13.2. The van der Waals surface area contributed by atoms with Crippen LogP contribution in [0.3, 0.4) is 0 Å². The first-order valence-electron chi connectivity index (χ1n) is 13.3. The van der Waals surface area contributed by atoms with E-state index >= 15 is 0 Å². The van der Waals surface area contributed by atoms with Crippen LogP contribution in [0.4, 0.5) is 0 Å². The average molecular weight is 418 g/mol. The van der Waals surface area contributed by atoms with E-state index in [2.05, 4.69) is 34.6 Å². The molecule has 0 amide bonds. The number of nitrogens with two attached hydrogens (primary N) is 1. The highest BCUT2D eigenvalue weighted by molar-refractivity contribution is 5.20. The van der Waals surface area contributed by atoms with Crippen molar-refractivity contribution in [3.63, 3.8) is 0 Å². The molecule has 4 saturated carbocycles. The van der Waals surface area contributed by atoms with Crippen LogP contribution in [0.5, 0.6) is 0 Å². The molecule has 0 spiro atoms. The fourth-order valence-electron chi connectivity index (χ4n) is 10.0. The molecule has 3 heteroatoms. The predicted octanol–water partition coefficient (Wildman–Crippen LogP) is 5.74. The third-order valence-corrected chi connectivity index (χ3v) is 11.3. The Morgan fingerprint density at radius 2 is 1.80 bits per heavy atom. The van der Waals surface area contributed by atoms with E-state index in [1.165, 1.54) is 57.8 Å². The molecular formula is C27H47NO2. The van der Waals surface area contributed by atoms with Gasteiger partial charge in [0.15, 0.2) is 0 Å². The zero-order valence-electron chi connectivity index (χ0n) is 20.2. The van der Waals surface area contributed by atoms with Gasteiger partial charge in [-0.3, -0.25) is 0 Å². The predicted molar refractivity (Wildman–Crippen MR) is 122 cm³/mol. The Kier molecular flexibility index (Phi) is 5.20. The first kappa shape index (κ1) is 21.7. The average Bonchev–Trinajstić information content (AvgIpc) is 3.11. The van der Waals surface area contributed by atoms with Gasteiger partial charge in [-0.2, -0.15) is 0 Å². The third kappa shape index (κ3) is 2.86. The van der Waals surface area contributed by atoms with Crippen molar-refractivity contribution in [3.05, 3.63) is 0 Å². The summed E-state index contributed by atoms with van der Waals surface area (Å²) in [4.78, 5) is 0. The smallest absolute Gasteiger partial charge is 0.143 e. The Bertz CT molecular complexity index is 661. The normalized spacial score (nSPS) is 57.6. The van der Waals surface area contributed by atoms with Gasteiger partial charge in [-0.25, -0.2) is 0 Å². The molecule has 2 unspecified atom stereocenters. The molecule has 0 aromatic carbocycles. The van der Waals surface area contributed by atoms with E-state index in [1.807, 2.05) is 0 Å². The van der Waals surface area contributed by atoms with Gasteiger partial charge >= 0.3 is 0 Å². The maximum absolute atomic E-state index is 11.9. The molecule has 0 bridgehead atoms. The summed E-state index contributed by atoms with van der Waals surface area (Å²) in [5.41, 5.74) is 6.37. The van der Waals surface area contributed by atoms with Crippen LogP contribution in [0.2, 0.25) is 0 Å². The highest BCUT2D eigenvalue weighted by Gasteiger charge is 2.73. The lowest BCUT2D eigenvalue weighted by Crippen LogP contribution is -2.61. The summed E-state index contributed by atoms with van der Waals surface area (Å²) in [6.45, 7) is 12.1. The largest absolute Gasteiger partial charge is 0.373 e. The van der Waals surface area contributed by atoms with Crippen LogP contribution in [-0.4, -0.2) is 23.0 Å². The summed E-state index contributed by atoms with van der Waals surface area (Å²) >= 11 is 0. The van der Waals surface area contributed by atoms with Crippen molar-refractivity contribution in [2.24, 2.45) is 58.0 Å². The summed E-state index contributed by atoms with van der Waals surface area (Å²) in [6, 6.07) is 0. The SMILES string of the molecule is CC(C)CC[C@H]1O[C@@H]2[C@H]([C@@H]1C)[C@@]1(C)CC[C@H]3[C@@H](CCC4CCCC[C@@]43C)[C@@H]1C2(N)O. The summed E-state index contributed by atoms with van der Waals surface area (Å²) in [7, 11) is 0. The molecule has 1 saturated heterocycles. The fraction of sp³-hybridized carbons (Fsp3) is 1.00. The highest BCUT2D eigenvalue weighted by Crippen LogP contribution is 2.71. The zero-order chi connectivity index (χ0) is 21.5. The number of hydrogen-bond donors (Lipinski definition) is 2. The van der Waals surface area contributed by atoms with Gasteiger partial charge in [0.1, 0.15) is 11.8 Å². The maximum atomic E-state index is 11.9. The standard InChI is InChI=1S/C27H47NO2/c1-16(2)9-12-21-17(3)22-24(30-21)27(28,29)23-19-11-10-18-8-6-7-14-25(18,4)20(19)13-15-26(22,23)5/h16-24,29H,6-15,28H2,1-5H3/t17-,18?,19-,20+,21-,22+,23+,24-,25+,26-,27?/m1/s1. The molecule has 0 radical (unpaired) electrons. The second kappa shape index (κ2) is 7.19. The van der Waals surface area contributed by atoms with Crippen LogP contribution in [0.15, 0.2) is 0 Å². The van der Waals surface area contributed by atoms with E-state index in [4.69, 9.17) is 10.5 Å². The zero-order valence-corrected chi connectivity index (χ0v) is 20.2. The lowest BCUT2D eigenvalue weighted by Gasteiger charge is -2.61. The van der Waals surface area contributed by atoms with Crippen molar-refractivity contribution in [2.45, 2.75) is 117 Å². The molecule has 172 valence electrons. The molecule has 5 fully saturated rings. The second-order valence-electron chi connectivity index (χ2n) is 13.2. The molecule has 0 aromatic rings. The van der Waals surface area contributed by atoms with E-state index in [9.17, 15) is 5.11 Å². The van der Waals surface area contributed by atoms with Crippen molar-refractivity contribution in [1.82, 2.24) is 0 Å². The summed E-state index contributed by atoms with van der Waals surface area (Å²) in [5.74, 6) is 4.03. The van der Waals surface area contributed by atoms with Crippen molar-refractivity contribution in [1.29, 1.82) is 0 Å². The first-order chi connectivity index (χ1) is 14.1. The Hall–Kier alpha value is -0.120. The van der Waals surface area contributed by atoms with Crippen LogP contribution >= 0.6 is 0 Å². The van der Waals surface area contributed by atoms with Crippen LogP contribution in [0, 0.1) is 52.3 Å². The molecule has 3 N–H and O–H groups in total.